The number of amides is 1. The molecular formula is C12H22N2O3S. The Hall–Kier alpha value is -0.620. The molecule has 0 aromatic carbocycles. The number of nitrogens with two attached hydrogens (primary N) is 1. The highest BCUT2D eigenvalue weighted by molar-refractivity contribution is 7.91. The Balaban J connectivity index is 1.96. The summed E-state index contributed by atoms with van der Waals surface area (Å²) in [5.41, 5.74) is 5.71. The third kappa shape index (κ3) is 3.03. The van der Waals surface area contributed by atoms with Gasteiger partial charge in [-0.1, -0.05) is 12.8 Å². The maximum atomic E-state index is 12.2. The van der Waals surface area contributed by atoms with Gasteiger partial charge in [-0.05, 0) is 26.2 Å². The first-order valence-corrected chi connectivity index (χ1v) is 8.42. The average Bonchev–Trinajstić information content (AvgIpc) is 2.57. The lowest BCUT2D eigenvalue weighted by atomic mass is 9.74. The highest BCUT2D eigenvalue weighted by Gasteiger charge is 2.39. The molecule has 2 aliphatic rings. The van der Waals surface area contributed by atoms with Crippen LogP contribution in [0.5, 0.6) is 0 Å². The quantitative estimate of drug-likeness (QED) is 0.752. The lowest BCUT2D eigenvalue weighted by Crippen LogP contribution is -2.54. The zero-order chi connectivity index (χ0) is 13.4. The van der Waals surface area contributed by atoms with Crippen LogP contribution in [-0.4, -0.2) is 37.4 Å². The van der Waals surface area contributed by atoms with Crippen LogP contribution in [0, 0.1) is 5.92 Å². The molecule has 1 heterocycles. The van der Waals surface area contributed by atoms with Gasteiger partial charge in [0, 0.05) is 11.6 Å². The fourth-order valence-electron chi connectivity index (χ4n) is 3.00. The molecule has 0 bridgehead atoms. The van der Waals surface area contributed by atoms with Crippen molar-refractivity contribution < 1.29 is 13.2 Å². The largest absolute Gasteiger partial charge is 0.352 e. The van der Waals surface area contributed by atoms with Crippen LogP contribution in [-0.2, 0) is 14.6 Å². The Morgan fingerprint density at radius 2 is 2.06 bits per heavy atom. The smallest absolute Gasteiger partial charge is 0.225 e. The van der Waals surface area contributed by atoms with E-state index in [2.05, 4.69) is 5.32 Å². The molecule has 0 aromatic rings. The first kappa shape index (κ1) is 13.8. The van der Waals surface area contributed by atoms with Gasteiger partial charge in [0.25, 0.3) is 0 Å². The summed E-state index contributed by atoms with van der Waals surface area (Å²) >= 11 is 0. The van der Waals surface area contributed by atoms with Crippen LogP contribution in [0.15, 0.2) is 0 Å². The normalized spacial score (nSPS) is 39.4. The van der Waals surface area contributed by atoms with Crippen molar-refractivity contribution in [1.29, 1.82) is 0 Å². The second-order valence-corrected chi connectivity index (χ2v) is 8.14. The summed E-state index contributed by atoms with van der Waals surface area (Å²) in [4.78, 5) is 12.2. The van der Waals surface area contributed by atoms with Gasteiger partial charge >= 0.3 is 0 Å². The molecule has 5 nitrogen and oxygen atoms in total. The number of carbonyl (C=O) groups is 1. The predicted molar refractivity (Wildman–Crippen MR) is 69.8 cm³/mol. The van der Waals surface area contributed by atoms with Crippen LogP contribution in [0.1, 0.15) is 39.0 Å². The van der Waals surface area contributed by atoms with Crippen LogP contribution < -0.4 is 11.1 Å². The van der Waals surface area contributed by atoms with E-state index in [1.54, 1.807) is 0 Å². The third-order valence-corrected chi connectivity index (χ3v) is 5.92. The molecule has 18 heavy (non-hydrogen) atoms. The highest BCUT2D eigenvalue weighted by Crippen LogP contribution is 2.31. The van der Waals surface area contributed by atoms with Gasteiger partial charge < -0.3 is 11.1 Å². The van der Waals surface area contributed by atoms with Gasteiger partial charge in [-0.15, -0.1) is 0 Å². The maximum Gasteiger partial charge on any atom is 0.225 e. The van der Waals surface area contributed by atoms with E-state index in [0.717, 1.165) is 25.7 Å². The van der Waals surface area contributed by atoms with E-state index in [0.29, 0.717) is 6.42 Å². The van der Waals surface area contributed by atoms with Gasteiger partial charge in [0.15, 0.2) is 9.84 Å². The number of nitrogens with one attached hydrogen (secondary N) is 1. The third-order valence-electron chi connectivity index (χ3n) is 4.15. The first-order valence-electron chi connectivity index (χ1n) is 6.60. The summed E-state index contributed by atoms with van der Waals surface area (Å²) in [5, 5.41) is 2.86. The number of carbonyl (C=O) groups excluding carboxylic acids is 1. The van der Waals surface area contributed by atoms with Gasteiger partial charge in [0.05, 0.1) is 17.4 Å². The van der Waals surface area contributed by atoms with Crippen molar-refractivity contribution >= 4 is 15.7 Å². The van der Waals surface area contributed by atoms with Gasteiger partial charge in [-0.2, -0.15) is 0 Å². The van der Waals surface area contributed by atoms with Crippen molar-refractivity contribution in [3.05, 3.63) is 0 Å². The molecule has 1 saturated carbocycles. The van der Waals surface area contributed by atoms with Crippen molar-refractivity contribution in [1.82, 2.24) is 5.32 Å². The molecule has 104 valence electrons. The van der Waals surface area contributed by atoms with Gasteiger partial charge in [0.2, 0.25) is 5.91 Å². The maximum absolute atomic E-state index is 12.2. The number of rotatable bonds is 2. The molecule has 2 fully saturated rings. The zero-order valence-electron chi connectivity index (χ0n) is 10.8. The minimum absolute atomic E-state index is 0.0678. The Kier molecular flexibility index (Phi) is 3.69. The van der Waals surface area contributed by atoms with Crippen molar-refractivity contribution in [2.75, 3.05) is 11.5 Å². The van der Waals surface area contributed by atoms with E-state index in [9.17, 15) is 13.2 Å². The van der Waals surface area contributed by atoms with Crippen LogP contribution in [0.4, 0.5) is 0 Å². The van der Waals surface area contributed by atoms with Gasteiger partial charge in [0.1, 0.15) is 0 Å². The molecule has 6 heteroatoms. The van der Waals surface area contributed by atoms with Gasteiger partial charge in [-0.3, -0.25) is 4.79 Å². The zero-order valence-corrected chi connectivity index (χ0v) is 11.6. The summed E-state index contributed by atoms with van der Waals surface area (Å²) in [6, 6.07) is -0.222. The summed E-state index contributed by atoms with van der Waals surface area (Å²) < 4.78 is 22.7. The first-order chi connectivity index (χ1) is 8.30. The summed E-state index contributed by atoms with van der Waals surface area (Å²) in [5.74, 6) is 0.00580. The van der Waals surface area contributed by atoms with Crippen LogP contribution in [0.3, 0.4) is 0 Å². The molecular weight excluding hydrogens is 252 g/mol. The van der Waals surface area contributed by atoms with Crippen LogP contribution in [0.2, 0.25) is 0 Å². The van der Waals surface area contributed by atoms with E-state index in [1.807, 2.05) is 6.92 Å². The van der Waals surface area contributed by atoms with Crippen molar-refractivity contribution in [2.45, 2.75) is 50.6 Å². The monoisotopic (exact) mass is 274 g/mol. The number of hydrogen-bond acceptors (Lipinski definition) is 4. The molecule has 3 atom stereocenters. The average molecular weight is 274 g/mol. The van der Waals surface area contributed by atoms with Crippen LogP contribution in [0.25, 0.3) is 0 Å². The summed E-state index contributed by atoms with van der Waals surface area (Å²) in [6.45, 7) is 1.92. The highest BCUT2D eigenvalue weighted by atomic mass is 32.2. The van der Waals surface area contributed by atoms with Crippen molar-refractivity contribution in [3.63, 3.8) is 0 Å². The van der Waals surface area contributed by atoms with Crippen molar-refractivity contribution in [2.24, 2.45) is 11.7 Å². The molecule has 1 amide bonds. The minimum atomic E-state index is -2.95. The summed E-state index contributed by atoms with van der Waals surface area (Å²) in [7, 11) is -2.95. The molecule has 1 saturated heterocycles. The molecule has 3 unspecified atom stereocenters. The predicted octanol–water partition coefficient (Wildman–Crippen LogP) is 0.197. The van der Waals surface area contributed by atoms with E-state index in [1.165, 1.54) is 0 Å². The van der Waals surface area contributed by atoms with E-state index >= 15 is 0 Å². The van der Waals surface area contributed by atoms with Crippen molar-refractivity contribution in [3.8, 4) is 0 Å². The standard InChI is InChI=1S/C12H22N2O3S/c1-12(13)6-3-2-4-10(12)11(15)14-9-5-7-18(16,17)8-9/h9-10H,2-8,13H2,1H3,(H,14,15). The molecule has 2 rings (SSSR count). The fraction of sp³-hybridized carbons (Fsp3) is 0.917. The topological polar surface area (TPSA) is 89.3 Å². The fourth-order valence-corrected chi connectivity index (χ4v) is 4.67. The van der Waals surface area contributed by atoms with E-state index < -0.39 is 15.4 Å². The number of sulfone groups is 1. The Bertz CT molecular complexity index is 431. The summed E-state index contributed by atoms with van der Waals surface area (Å²) in [6.07, 6.45) is 4.27. The minimum Gasteiger partial charge on any atom is -0.352 e. The molecule has 1 aliphatic heterocycles. The van der Waals surface area contributed by atoms with E-state index in [-0.39, 0.29) is 29.4 Å². The molecule has 3 N–H and O–H groups in total. The van der Waals surface area contributed by atoms with Gasteiger partial charge in [-0.25, -0.2) is 8.42 Å². The Labute approximate surface area is 108 Å². The molecule has 1 aliphatic carbocycles. The lowest BCUT2D eigenvalue weighted by Gasteiger charge is -2.37. The lowest BCUT2D eigenvalue weighted by molar-refractivity contribution is -0.128. The molecule has 0 aromatic heterocycles. The Morgan fingerprint density at radius 1 is 1.33 bits per heavy atom. The Morgan fingerprint density at radius 3 is 2.61 bits per heavy atom. The SMILES string of the molecule is CC1(N)CCCCC1C(=O)NC1CCS(=O)(=O)C1. The molecule has 0 spiro atoms. The van der Waals surface area contributed by atoms with Crippen LogP contribution >= 0.6 is 0 Å². The second-order valence-electron chi connectivity index (χ2n) is 5.91. The number of hydrogen-bond donors (Lipinski definition) is 2. The second kappa shape index (κ2) is 4.81. The molecule has 0 radical (unpaired) electrons. The van der Waals surface area contributed by atoms with E-state index in [4.69, 9.17) is 5.73 Å².